The second kappa shape index (κ2) is 5.28. The lowest BCUT2D eigenvalue weighted by Crippen LogP contribution is -2.47. The van der Waals surface area contributed by atoms with E-state index in [1.807, 2.05) is 0 Å². The summed E-state index contributed by atoms with van der Waals surface area (Å²) in [6.07, 6.45) is 4.57. The fraction of sp³-hybridized carbons (Fsp3) is 0.625. The van der Waals surface area contributed by atoms with Crippen molar-refractivity contribution in [2.24, 2.45) is 5.84 Å². The minimum atomic E-state index is -0.191. The number of nitrogens with two attached hydrogens (primary N) is 1. The smallest absolute Gasteiger partial charge is 0.168 e. The number of benzene rings is 1. The van der Waals surface area contributed by atoms with E-state index in [1.165, 1.54) is 12.8 Å². The van der Waals surface area contributed by atoms with Crippen LogP contribution in [0, 0.1) is 5.82 Å². The second-order valence-electron chi connectivity index (χ2n) is 6.53. The Hall–Kier alpha value is -1.53. The largest absolute Gasteiger partial charge is 0.492 e. The van der Waals surface area contributed by atoms with Crippen LogP contribution in [0.5, 0.6) is 5.75 Å². The summed E-state index contributed by atoms with van der Waals surface area (Å²) in [5.74, 6) is 6.53. The van der Waals surface area contributed by atoms with Crippen molar-refractivity contribution in [1.82, 2.24) is 5.01 Å². The average molecular weight is 306 g/mol. The third-order valence-electron chi connectivity index (χ3n) is 4.87. The van der Waals surface area contributed by atoms with Gasteiger partial charge >= 0.3 is 0 Å². The molecule has 4 rings (SSSR count). The maximum Gasteiger partial charge on any atom is 0.168 e. The highest BCUT2D eigenvalue weighted by Crippen LogP contribution is 2.48. The van der Waals surface area contributed by atoms with Crippen LogP contribution < -0.4 is 20.4 Å². The van der Waals surface area contributed by atoms with Crippen molar-refractivity contribution in [1.29, 1.82) is 0 Å². The first-order valence-electron chi connectivity index (χ1n) is 8.09. The van der Waals surface area contributed by atoms with E-state index in [4.69, 9.17) is 10.6 Å². The lowest BCUT2D eigenvalue weighted by atomic mass is 10.1. The molecule has 0 amide bonds. The molecule has 2 fully saturated rings. The molecule has 1 aromatic carbocycles. The molecule has 2 N–H and O–H groups in total. The van der Waals surface area contributed by atoms with Gasteiger partial charge in [0, 0.05) is 25.7 Å². The van der Waals surface area contributed by atoms with Gasteiger partial charge in [-0.15, -0.1) is 0 Å². The zero-order chi connectivity index (χ0) is 15.3. The number of anilines is 2. The van der Waals surface area contributed by atoms with E-state index in [-0.39, 0.29) is 5.82 Å². The number of halogens is 1. The van der Waals surface area contributed by atoms with Gasteiger partial charge in [0.05, 0.1) is 19.5 Å². The van der Waals surface area contributed by atoms with Crippen molar-refractivity contribution in [3.8, 4) is 5.75 Å². The molecule has 2 heterocycles. The molecule has 0 spiro atoms. The number of hydrazine groups is 1. The standard InChI is InChI=1S/C16H23FN4O/c1-22-16-14-11(9-20(18)10-21(14)12-4-5-12)8-13(17)15(16)19-6-2-3-7-19/h8,12H,2-7,9-10,18H2,1H3. The summed E-state index contributed by atoms with van der Waals surface area (Å²) in [4.78, 5) is 4.41. The SMILES string of the molecule is COc1c(N2CCCC2)c(F)cc2c1N(C1CC1)CN(N)C2. The molecule has 0 atom stereocenters. The molecule has 1 saturated heterocycles. The highest BCUT2D eigenvalue weighted by molar-refractivity contribution is 5.78. The maximum absolute atomic E-state index is 14.7. The van der Waals surface area contributed by atoms with Crippen LogP contribution in [-0.2, 0) is 6.54 Å². The fourth-order valence-corrected chi connectivity index (χ4v) is 3.74. The number of methoxy groups -OCH3 is 1. The summed E-state index contributed by atoms with van der Waals surface area (Å²) >= 11 is 0. The van der Waals surface area contributed by atoms with E-state index in [9.17, 15) is 4.39 Å². The molecule has 5 nitrogen and oxygen atoms in total. The van der Waals surface area contributed by atoms with E-state index in [2.05, 4.69) is 9.80 Å². The molecule has 1 saturated carbocycles. The van der Waals surface area contributed by atoms with E-state index < -0.39 is 0 Å². The predicted octanol–water partition coefficient (Wildman–Crippen LogP) is 2.05. The molecular weight excluding hydrogens is 283 g/mol. The van der Waals surface area contributed by atoms with Crippen LogP contribution in [-0.4, -0.2) is 37.9 Å². The summed E-state index contributed by atoms with van der Waals surface area (Å²) in [7, 11) is 1.65. The molecule has 3 aliphatic rings. The number of ether oxygens (including phenoxy) is 1. The van der Waals surface area contributed by atoms with Crippen molar-refractivity contribution < 1.29 is 9.13 Å². The summed E-state index contributed by atoms with van der Waals surface area (Å²) in [6, 6.07) is 2.16. The van der Waals surface area contributed by atoms with E-state index in [1.54, 1.807) is 18.2 Å². The highest BCUT2D eigenvalue weighted by atomic mass is 19.1. The van der Waals surface area contributed by atoms with Crippen LogP contribution in [0.3, 0.4) is 0 Å². The van der Waals surface area contributed by atoms with E-state index in [0.29, 0.717) is 30.7 Å². The molecule has 0 unspecified atom stereocenters. The topological polar surface area (TPSA) is 45.0 Å². The molecule has 6 heteroatoms. The Kier molecular flexibility index (Phi) is 3.38. The highest BCUT2D eigenvalue weighted by Gasteiger charge is 2.38. The van der Waals surface area contributed by atoms with Gasteiger partial charge < -0.3 is 14.5 Å². The summed E-state index contributed by atoms with van der Waals surface area (Å²) in [6.45, 7) is 3.04. The lowest BCUT2D eigenvalue weighted by molar-refractivity contribution is 0.255. The summed E-state index contributed by atoms with van der Waals surface area (Å²) < 4.78 is 20.4. The summed E-state index contributed by atoms with van der Waals surface area (Å²) in [5, 5.41) is 1.75. The number of fused-ring (bicyclic) bond motifs is 1. The minimum Gasteiger partial charge on any atom is -0.492 e. The van der Waals surface area contributed by atoms with Gasteiger partial charge in [0.2, 0.25) is 0 Å². The first-order chi connectivity index (χ1) is 10.7. The third kappa shape index (κ3) is 2.21. The molecule has 2 aliphatic heterocycles. The Morgan fingerprint density at radius 1 is 1.23 bits per heavy atom. The first kappa shape index (κ1) is 14.1. The minimum absolute atomic E-state index is 0.191. The van der Waals surface area contributed by atoms with Gasteiger partial charge in [0.25, 0.3) is 0 Å². The Morgan fingerprint density at radius 3 is 2.59 bits per heavy atom. The van der Waals surface area contributed by atoms with Crippen LogP contribution in [0.15, 0.2) is 6.07 Å². The van der Waals surface area contributed by atoms with Crippen molar-refractivity contribution in [2.45, 2.75) is 38.3 Å². The molecule has 0 aromatic heterocycles. The Morgan fingerprint density at radius 2 is 1.95 bits per heavy atom. The molecule has 0 bridgehead atoms. The van der Waals surface area contributed by atoms with Gasteiger partial charge in [0.1, 0.15) is 5.69 Å². The Labute approximate surface area is 130 Å². The van der Waals surface area contributed by atoms with Gasteiger partial charge in [-0.2, -0.15) is 0 Å². The Bertz CT molecular complexity index is 584. The lowest BCUT2D eigenvalue weighted by Gasteiger charge is -2.38. The maximum atomic E-state index is 14.7. The van der Waals surface area contributed by atoms with Gasteiger partial charge in [-0.25, -0.2) is 9.40 Å². The quantitative estimate of drug-likeness (QED) is 0.866. The normalized spacial score (nSPS) is 22.1. The van der Waals surface area contributed by atoms with Crippen LogP contribution in [0.25, 0.3) is 0 Å². The van der Waals surface area contributed by atoms with Crippen LogP contribution >= 0.6 is 0 Å². The van der Waals surface area contributed by atoms with Crippen LogP contribution in [0.2, 0.25) is 0 Å². The number of hydrogen-bond donors (Lipinski definition) is 1. The van der Waals surface area contributed by atoms with Crippen molar-refractivity contribution in [2.75, 3.05) is 36.7 Å². The van der Waals surface area contributed by atoms with Gasteiger partial charge in [-0.3, -0.25) is 5.84 Å². The average Bonchev–Trinajstić information content (AvgIpc) is 3.20. The molecule has 120 valence electrons. The molecule has 22 heavy (non-hydrogen) atoms. The van der Waals surface area contributed by atoms with E-state index in [0.717, 1.165) is 37.2 Å². The number of rotatable bonds is 3. The van der Waals surface area contributed by atoms with Gasteiger partial charge in [0.15, 0.2) is 11.6 Å². The van der Waals surface area contributed by atoms with Gasteiger partial charge in [-0.1, -0.05) is 0 Å². The Balaban J connectivity index is 1.86. The zero-order valence-corrected chi connectivity index (χ0v) is 13.0. The molecular formula is C16H23FN4O. The number of nitrogens with zero attached hydrogens (tertiary/aromatic N) is 3. The second-order valence-corrected chi connectivity index (χ2v) is 6.53. The molecule has 1 aliphatic carbocycles. The zero-order valence-electron chi connectivity index (χ0n) is 13.0. The van der Waals surface area contributed by atoms with Crippen molar-refractivity contribution >= 4 is 11.4 Å². The first-order valence-corrected chi connectivity index (χ1v) is 8.09. The van der Waals surface area contributed by atoms with E-state index >= 15 is 0 Å². The van der Waals surface area contributed by atoms with Gasteiger partial charge in [-0.05, 0) is 37.3 Å². The summed E-state index contributed by atoms with van der Waals surface area (Å²) in [5.41, 5.74) is 2.61. The van der Waals surface area contributed by atoms with Crippen LogP contribution in [0.1, 0.15) is 31.2 Å². The monoisotopic (exact) mass is 306 g/mol. The molecule has 0 radical (unpaired) electrons. The van der Waals surface area contributed by atoms with Crippen molar-refractivity contribution in [3.63, 3.8) is 0 Å². The van der Waals surface area contributed by atoms with Crippen LogP contribution in [0.4, 0.5) is 15.8 Å². The predicted molar refractivity (Wildman–Crippen MR) is 84.5 cm³/mol. The number of hydrogen-bond acceptors (Lipinski definition) is 5. The van der Waals surface area contributed by atoms with Crippen molar-refractivity contribution in [3.05, 3.63) is 17.4 Å². The molecule has 1 aromatic rings. The fourth-order valence-electron chi connectivity index (χ4n) is 3.74. The third-order valence-corrected chi connectivity index (χ3v) is 4.87.